The minimum atomic E-state index is -0.901. The zero-order valence-corrected chi connectivity index (χ0v) is 54.4. The van der Waals surface area contributed by atoms with Gasteiger partial charge in [0.05, 0.1) is 80.3 Å². The van der Waals surface area contributed by atoms with Crippen molar-refractivity contribution in [1.29, 1.82) is 0 Å². The lowest BCUT2D eigenvalue weighted by molar-refractivity contribution is -0.143. The molecule has 0 fully saturated rings. The molecule has 0 aliphatic rings. The molecule has 2 rings (SSSR count). The van der Waals surface area contributed by atoms with Crippen LogP contribution in [-0.4, -0.2) is 219 Å². The van der Waals surface area contributed by atoms with E-state index >= 15 is 0 Å². The summed E-state index contributed by atoms with van der Waals surface area (Å²) in [5, 5.41) is 10.8. The summed E-state index contributed by atoms with van der Waals surface area (Å²) in [6.07, 6.45) is 18.5. The third kappa shape index (κ3) is 37.5. The SMILES string of the molecule is CCCCCCCCCCCCCC(=O)N(C)[C@@H](CS)C(=O)N(C)CCOCCOCC(=O)NCCOCCOCC(=O)NCCOCCOCC(=O)N[C@@H](CCCCNC(=O)CCCCOc1c(OC)cc(Cc2cnc(N)nc2N)cc1OC)C(N)=O. The number of amides is 7. The topological polar surface area (TPSA) is 361 Å². The number of aromatic nitrogens is 2. The number of thiol groups is 1. The molecule has 28 heteroatoms. The minimum absolute atomic E-state index is 0.0511. The summed E-state index contributed by atoms with van der Waals surface area (Å²) in [6, 6.07) is 2.08. The maximum atomic E-state index is 13.1. The molecule has 89 heavy (non-hydrogen) atoms. The average Bonchev–Trinajstić information content (AvgIpc) is 3.62. The molecule has 0 radical (unpaired) electrons. The van der Waals surface area contributed by atoms with E-state index in [0.717, 1.165) is 24.8 Å². The molecule has 1 aromatic heterocycles. The fourth-order valence-corrected chi connectivity index (χ4v) is 9.25. The van der Waals surface area contributed by atoms with Crippen molar-refractivity contribution >= 4 is 65.7 Å². The van der Waals surface area contributed by atoms with E-state index in [1.54, 1.807) is 20.3 Å². The highest BCUT2D eigenvalue weighted by atomic mass is 32.1. The Morgan fingerprint density at radius 3 is 1.65 bits per heavy atom. The molecule has 0 aliphatic carbocycles. The third-order valence-electron chi connectivity index (χ3n) is 14.0. The van der Waals surface area contributed by atoms with E-state index in [1.165, 1.54) is 75.4 Å². The maximum Gasteiger partial charge on any atom is 0.246 e. The van der Waals surface area contributed by atoms with Gasteiger partial charge in [-0.25, -0.2) is 4.98 Å². The summed E-state index contributed by atoms with van der Waals surface area (Å²) in [5.41, 5.74) is 18.7. The second-order valence-electron chi connectivity index (χ2n) is 21.3. The van der Waals surface area contributed by atoms with Crippen LogP contribution in [0.1, 0.15) is 134 Å². The van der Waals surface area contributed by atoms with Gasteiger partial charge in [-0.1, -0.05) is 71.1 Å². The number of ether oxygens (including phenoxy) is 9. The molecule has 0 unspecified atom stereocenters. The Labute approximate surface area is 532 Å². The van der Waals surface area contributed by atoms with E-state index in [-0.39, 0.29) is 146 Å². The fourth-order valence-electron chi connectivity index (χ4n) is 8.85. The summed E-state index contributed by atoms with van der Waals surface area (Å²) >= 11 is 4.36. The highest BCUT2D eigenvalue weighted by Gasteiger charge is 2.28. The number of nitrogen functional groups attached to an aromatic ring is 2. The van der Waals surface area contributed by atoms with Crippen LogP contribution in [0.25, 0.3) is 0 Å². The number of hydrogen-bond acceptors (Lipinski definition) is 21. The van der Waals surface area contributed by atoms with Gasteiger partial charge in [0.1, 0.15) is 37.7 Å². The quantitative estimate of drug-likeness (QED) is 0.0348. The van der Waals surface area contributed by atoms with Gasteiger partial charge in [-0.15, -0.1) is 0 Å². The lowest BCUT2D eigenvalue weighted by Gasteiger charge is -2.30. The number of nitrogens with zero attached hydrogens (tertiary/aromatic N) is 4. The highest BCUT2D eigenvalue weighted by Crippen LogP contribution is 2.39. The summed E-state index contributed by atoms with van der Waals surface area (Å²) in [5.74, 6) is -0.244. The molecule has 0 spiro atoms. The van der Waals surface area contributed by atoms with E-state index in [2.05, 4.69) is 50.8 Å². The molecule has 0 saturated carbocycles. The van der Waals surface area contributed by atoms with Crippen LogP contribution in [0.15, 0.2) is 18.3 Å². The number of benzene rings is 1. The number of primary amides is 1. The zero-order valence-electron chi connectivity index (χ0n) is 53.5. The van der Waals surface area contributed by atoms with Crippen molar-refractivity contribution in [2.75, 3.05) is 158 Å². The first-order valence-corrected chi connectivity index (χ1v) is 31.9. The van der Waals surface area contributed by atoms with Gasteiger partial charge in [0.15, 0.2) is 11.5 Å². The highest BCUT2D eigenvalue weighted by molar-refractivity contribution is 7.80. The van der Waals surface area contributed by atoms with Gasteiger partial charge in [0.2, 0.25) is 53.0 Å². The number of likely N-dealkylation sites (N-methyl/N-ethyl adjacent to an activating group) is 2. The first kappa shape index (κ1) is 78.8. The van der Waals surface area contributed by atoms with E-state index in [0.29, 0.717) is 87.5 Å². The Kier molecular flexibility index (Phi) is 44.7. The molecule has 0 bridgehead atoms. The van der Waals surface area contributed by atoms with E-state index in [4.69, 9.17) is 59.8 Å². The number of hydrogen-bond donors (Lipinski definition) is 8. The van der Waals surface area contributed by atoms with Gasteiger partial charge in [-0.2, -0.15) is 17.6 Å². The lowest BCUT2D eigenvalue weighted by atomic mass is 10.0. The van der Waals surface area contributed by atoms with Crippen LogP contribution in [0.4, 0.5) is 11.8 Å². The summed E-state index contributed by atoms with van der Waals surface area (Å²) < 4.78 is 49.7. The van der Waals surface area contributed by atoms with Gasteiger partial charge < -0.3 is 90.9 Å². The molecular formula is C61H105N11O16S. The lowest BCUT2D eigenvalue weighted by Crippen LogP contribution is -2.50. The monoisotopic (exact) mass is 1280 g/mol. The smallest absolute Gasteiger partial charge is 0.246 e. The molecule has 2 atom stereocenters. The zero-order chi connectivity index (χ0) is 65.3. The maximum absolute atomic E-state index is 13.1. The predicted molar refractivity (Wildman–Crippen MR) is 341 cm³/mol. The third-order valence-corrected chi connectivity index (χ3v) is 14.4. The van der Waals surface area contributed by atoms with Crippen LogP contribution < -0.4 is 52.7 Å². The van der Waals surface area contributed by atoms with Crippen molar-refractivity contribution in [2.24, 2.45) is 5.73 Å². The van der Waals surface area contributed by atoms with Gasteiger partial charge in [0, 0.05) is 77.0 Å². The normalized spacial score (nSPS) is 11.8. The van der Waals surface area contributed by atoms with Crippen molar-refractivity contribution in [1.82, 2.24) is 41.0 Å². The molecule has 1 aromatic carbocycles. The van der Waals surface area contributed by atoms with Gasteiger partial charge in [-0.05, 0) is 56.2 Å². The Bertz CT molecular complexity index is 2300. The largest absolute Gasteiger partial charge is 0.493 e. The molecule has 506 valence electrons. The second kappa shape index (κ2) is 50.4. The molecule has 0 saturated heterocycles. The standard InChI is InChI=1S/C61H105N11O16S/c1-6-7-8-9-10-11-12-13-14-15-16-23-56(77)72(3)49(45-89)60(79)71(2)27-31-84-34-37-86-43-54(75)67-25-29-82-32-35-85-42-53(74)66-26-30-83-33-36-87-44-55(76)69-48(59(63)78)21-17-19-24-65-52(73)22-18-20-28-88-57-50(80-4)39-46(40-51(57)81-5)38-47-41-68-61(64)70-58(47)62/h39-41,48-49,89H,6-38,42-45H2,1-5H3,(H2,63,78)(H,65,73)(H,66,74)(H,67,75)(H,69,76)(H4,62,64,68,70)/t48-,49-/m0/s1. The number of nitrogens with two attached hydrogens (primary N) is 3. The molecule has 1 heterocycles. The van der Waals surface area contributed by atoms with Crippen molar-refractivity contribution in [2.45, 2.75) is 141 Å². The summed E-state index contributed by atoms with van der Waals surface area (Å²) in [7, 11) is 6.40. The van der Waals surface area contributed by atoms with Crippen LogP contribution in [0, 0.1) is 0 Å². The minimum Gasteiger partial charge on any atom is -0.493 e. The van der Waals surface area contributed by atoms with Crippen molar-refractivity contribution < 1.29 is 76.2 Å². The van der Waals surface area contributed by atoms with Gasteiger partial charge in [0.25, 0.3) is 0 Å². The molecule has 7 amide bonds. The number of nitrogens with one attached hydrogen (secondary N) is 4. The number of carbonyl (C=O) groups is 7. The van der Waals surface area contributed by atoms with E-state index < -0.39 is 23.9 Å². The number of rotatable bonds is 56. The Morgan fingerprint density at radius 2 is 1.11 bits per heavy atom. The van der Waals surface area contributed by atoms with Gasteiger partial charge >= 0.3 is 0 Å². The first-order valence-electron chi connectivity index (χ1n) is 31.3. The van der Waals surface area contributed by atoms with Crippen LogP contribution in [-0.2, 0) is 68.4 Å². The number of carbonyl (C=O) groups excluding carboxylic acids is 7. The Balaban J connectivity index is 1.40. The molecule has 0 aliphatic heterocycles. The van der Waals surface area contributed by atoms with Crippen molar-refractivity contribution in [3.8, 4) is 17.2 Å². The summed E-state index contributed by atoms with van der Waals surface area (Å²) in [6.45, 7) is 4.82. The van der Waals surface area contributed by atoms with E-state index in [9.17, 15) is 33.6 Å². The molecule has 2 aromatic rings. The Morgan fingerprint density at radius 1 is 0.596 bits per heavy atom. The van der Waals surface area contributed by atoms with Gasteiger partial charge in [-0.3, -0.25) is 33.6 Å². The van der Waals surface area contributed by atoms with Crippen LogP contribution in [0.3, 0.4) is 0 Å². The van der Waals surface area contributed by atoms with Crippen LogP contribution >= 0.6 is 12.6 Å². The number of unbranched alkanes of at least 4 members (excludes halogenated alkanes) is 12. The second-order valence-corrected chi connectivity index (χ2v) is 21.6. The van der Waals surface area contributed by atoms with Crippen molar-refractivity contribution in [3.63, 3.8) is 0 Å². The number of methoxy groups -OCH3 is 2. The molecule has 10 N–H and O–H groups in total. The molecule has 27 nitrogen and oxygen atoms in total. The predicted octanol–water partition coefficient (Wildman–Crippen LogP) is 3.30. The Hall–Kier alpha value is -6.30. The average molecular weight is 1280 g/mol. The first-order chi connectivity index (χ1) is 43.0. The van der Waals surface area contributed by atoms with Crippen LogP contribution in [0.5, 0.6) is 17.2 Å². The fraction of sp³-hybridized carbons (Fsp3) is 0.721. The van der Waals surface area contributed by atoms with Crippen LogP contribution in [0.2, 0.25) is 0 Å². The van der Waals surface area contributed by atoms with Crippen molar-refractivity contribution in [3.05, 3.63) is 29.5 Å². The number of anilines is 2. The summed E-state index contributed by atoms with van der Waals surface area (Å²) in [4.78, 5) is 98.1. The molecular weight excluding hydrogens is 1170 g/mol. The van der Waals surface area contributed by atoms with E-state index in [1.807, 2.05) is 12.1 Å².